The van der Waals surface area contributed by atoms with Crippen molar-refractivity contribution in [2.24, 2.45) is 7.05 Å². The second-order valence-corrected chi connectivity index (χ2v) is 3.74. The molecular formula is C12H17N5. The van der Waals surface area contributed by atoms with Gasteiger partial charge in [0.25, 0.3) is 0 Å². The normalized spacial score (nSPS) is 10.2. The summed E-state index contributed by atoms with van der Waals surface area (Å²) in [6, 6.07) is 7.88. The average Bonchev–Trinajstić information content (AvgIpc) is 2.73. The smallest absolute Gasteiger partial charge is 0.128 e. The van der Waals surface area contributed by atoms with Crippen molar-refractivity contribution in [3.63, 3.8) is 0 Å². The molecule has 0 unspecified atom stereocenters. The summed E-state index contributed by atoms with van der Waals surface area (Å²) < 4.78 is 1.85. The van der Waals surface area contributed by atoms with Gasteiger partial charge in [-0.25, -0.2) is 4.98 Å². The Hall–Kier alpha value is -2.04. The molecule has 0 bridgehead atoms. The topological polar surface area (TPSA) is 54.8 Å². The van der Waals surface area contributed by atoms with E-state index in [9.17, 15) is 0 Å². The molecule has 90 valence electrons. The minimum Gasteiger partial charge on any atom is -0.370 e. The van der Waals surface area contributed by atoms with Crippen molar-refractivity contribution in [2.45, 2.75) is 13.5 Å². The van der Waals surface area contributed by atoms with Gasteiger partial charge < -0.3 is 10.6 Å². The van der Waals surface area contributed by atoms with Gasteiger partial charge in [-0.15, -0.1) is 0 Å². The third kappa shape index (κ3) is 2.96. The van der Waals surface area contributed by atoms with Crippen molar-refractivity contribution < 1.29 is 0 Å². The van der Waals surface area contributed by atoms with Crippen LogP contribution in [0, 0.1) is 0 Å². The highest BCUT2D eigenvalue weighted by Gasteiger charge is 1.99. The van der Waals surface area contributed by atoms with Gasteiger partial charge in [-0.3, -0.25) is 4.68 Å². The molecule has 5 nitrogen and oxygen atoms in total. The number of anilines is 2. The first kappa shape index (κ1) is 11.4. The second-order valence-electron chi connectivity index (χ2n) is 3.74. The quantitative estimate of drug-likeness (QED) is 0.824. The van der Waals surface area contributed by atoms with Crippen LogP contribution < -0.4 is 10.6 Å². The van der Waals surface area contributed by atoms with Crippen molar-refractivity contribution in [3.05, 3.63) is 36.2 Å². The molecule has 0 saturated heterocycles. The van der Waals surface area contributed by atoms with E-state index in [2.05, 4.69) is 27.6 Å². The summed E-state index contributed by atoms with van der Waals surface area (Å²) in [5, 5.41) is 10.6. The van der Waals surface area contributed by atoms with Crippen LogP contribution in [-0.2, 0) is 13.6 Å². The zero-order valence-electron chi connectivity index (χ0n) is 10.1. The summed E-state index contributed by atoms with van der Waals surface area (Å²) in [7, 11) is 1.93. The fraction of sp³-hybridized carbons (Fsp3) is 0.333. The van der Waals surface area contributed by atoms with Gasteiger partial charge in [0, 0.05) is 19.8 Å². The number of aryl methyl sites for hydroxylation is 1. The number of hydrogen-bond acceptors (Lipinski definition) is 4. The molecule has 2 heterocycles. The minimum atomic E-state index is 0.721. The van der Waals surface area contributed by atoms with Gasteiger partial charge >= 0.3 is 0 Å². The van der Waals surface area contributed by atoms with Crippen molar-refractivity contribution in [2.75, 3.05) is 17.2 Å². The molecule has 2 aromatic rings. The van der Waals surface area contributed by atoms with Crippen LogP contribution in [0.1, 0.15) is 12.6 Å². The lowest BCUT2D eigenvalue weighted by atomic mass is 10.4. The first-order valence-electron chi connectivity index (χ1n) is 5.71. The highest BCUT2D eigenvalue weighted by molar-refractivity contribution is 5.45. The Labute approximate surface area is 101 Å². The summed E-state index contributed by atoms with van der Waals surface area (Å²) in [5.41, 5.74) is 1.13. The highest BCUT2D eigenvalue weighted by atomic mass is 15.3. The molecule has 0 amide bonds. The molecule has 0 fully saturated rings. The fourth-order valence-corrected chi connectivity index (χ4v) is 1.57. The van der Waals surface area contributed by atoms with Crippen molar-refractivity contribution in [1.29, 1.82) is 0 Å². The van der Waals surface area contributed by atoms with Crippen molar-refractivity contribution >= 4 is 11.6 Å². The Balaban J connectivity index is 1.99. The number of pyridine rings is 1. The molecule has 17 heavy (non-hydrogen) atoms. The lowest BCUT2D eigenvalue weighted by Gasteiger charge is -2.08. The van der Waals surface area contributed by atoms with E-state index in [-0.39, 0.29) is 0 Å². The van der Waals surface area contributed by atoms with Crippen LogP contribution in [0.2, 0.25) is 0 Å². The number of nitrogens with one attached hydrogen (secondary N) is 2. The maximum absolute atomic E-state index is 4.44. The maximum atomic E-state index is 4.44. The SMILES string of the molecule is CCNc1cccc(NCc2ccnn2C)n1. The van der Waals surface area contributed by atoms with Gasteiger partial charge in [-0.2, -0.15) is 5.10 Å². The average molecular weight is 231 g/mol. The number of aromatic nitrogens is 3. The molecule has 0 aliphatic heterocycles. The molecule has 0 aliphatic carbocycles. The Morgan fingerprint density at radius 1 is 1.18 bits per heavy atom. The molecule has 2 N–H and O–H groups in total. The van der Waals surface area contributed by atoms with E-state index in [0.717, 1.165) is 30.4 Å². The van der Waals surface area contributed by atoms with Crippen LogP contribution in [-0.4, -0.2) is 21.3 Å². The maximum Gasteiger partial charge on any atom is 0.128 e. The van der Waals surface area contributed by atoms with Crippen LogP contribution >= 0.6 is 0 Å². The van der Waals surface area contributed by atoms with Gasteiger partial charge in [0.15, 0.2) is 0 Å². The predicted octanol–water partition coefficient (Wildman–Crippen LogP) is 1.86. The van der Waals surface area contributed by atoms with Crippen LogP contribution in [0.25, 0.3) is 0 Å². The summed E-state index contributed by atoms with van der Waals surface area (Å²) in [5.74, 6) is 1.76. The highest BCUT2D eigenvalue weighted by Crippen LogP contribution is 2.10. The van der Waals surface area contributed by atoms with Gasteiger partial charge in [-0.05, 0) is 25.1 Å². The molecule has 2 aromatic heterocycles. The zero-order chi connectivity index (χ0) is 12.1. The molecular weight excluding hydrogens is 214 g/mol. The van der Waals surface area contributed by atoms with Crippen molar-refractivity contribution in [1.82, 2.24) is 14.8 Å². The summed E-state index contributed by atoms with van der Waals surface area (Å²) in [6.45, 7) is 3.65. The molecule has 0 spiro atoms. The first-order chi connectivity index (χ1) is 8.29. The van der Waals surface area contributed by atoms with Crippen LogP contribution in [0.15, 0.2) is 30.5 Å². The van der Waals surface area contributed by atoms with Crippen molar-refractivity contribution in [3.8, 4) is 0 Å². The monoisotopic (exact) mass is 231 g/mol. The molecule has 0 aromatic carbocycles. The lowest BCUT2D eigenvalue weighted by molar-refractivity contribution is 0.720. The number of rotatable bonds is 5. The predicted molar refractivity (Wildman–Crippen MR) is 68.9 cm³/mol. The van der Waals surface area contributed by atoms with Crippen LogP contribution in [0.5, 0.6) is 0 Å². The number of hydrogen-bond donors (Lipinski definition) is 2. The summed E-state index contributed by atoms with van der Waals surface area (Å²) >= 11 is 0. The molecule has 0 radical (unpaired) electrons. The first-order valence-corrected chi connectivity index (χ1v) is 5.71. The standard InChI is InChI=1S/C12H17N5/c1-3-13-11-5-4-6-12(16-11)14-9-10-7-8-15-17(10)2/h4-8H,3,9H2,1-2H3,(H2,13,14,16). The van der Waals surface area contributed by atoms with Gasteiger partial charge in [0.1, 0.15) is 11.6 Å². The van der Waals surface area contributed by atoms with Gasteiger partial charge in [0.05, 0.1) is 12.2 Å². The molecule has 0 atom stereocenters. The van der Waals surface area contributed by atoms with Gasteiger partial charge in [-0.1, -0.05) is 6.07 Å². The van der Waals surface area contributed by atoms with E-state index in [1.165, 1.54) is 0 Å². The minimum absolute atomic E-state index is 0.721. The lowest BCUT2D eigenvalue weighted by Crippen LogP contribution is -2.07. The summed E-state index contributed by atoms with van der Waals surface area (Å²) in [4.78, 5) is 4.44. The molecule has 0 saturated carbocycles. The zero-order valence-corrected chi connectivity index (χ0v) is 10.1. The van der Waals surface area contributed by atoms with E-state index in [1.54, 1.807) is 6.20 Å². The van der Waals surface area contributed by atoms with Crippen LogP contribution in [0.3, 0.4) is 0 Å². The van der Waals surface area contributed by atoms with E-state index in [0.29, 0.717) is 0 Å². The van der Waals surface area contributed by atoms with E-state index >= 15 is 0 Å². The molecule has 2 rings (SSSR count). The Morgan fingerprint density at radius 3 is 2.59 bits per heavy atom. The Morgan fingerprint density at radius 2 is 1.94 bits per heavy atom. The Kier molecular flexibility index (Phi) is 3.59. The third-order valence-corrected chi connectivity index (χ3v) is 2.48. The Bertz CT molecular complexity index is 477. The third-order valence-electron chi connectivity index (χ3n) is 2.48. The summed E-state index contributed by atoms with van der Waals surface area (Å²) in [6.07, 6.45) is 1.79. The number of nitrogens with zero attached hydrogens (tertiary/aromatic N) is 3. The van der Waals surface area contributed by atoms with E-state index in [4.69, 9.17) is 0 Å². The van der Waals surface area contributed by atoms with Gasteiger partial charge in [0.2, 0.25) is 0 Å². The van der Waals surface area contributed by atoms with Crippen LogP contribution in [0.4, 0.5) is 11.6 Å². The molecule has 0 aliphatic rings. The van der Waals surface area contributed by atoms with E-state index in [1.807, 2.05) is 36.0 Å². The fourth-order valence-electron chi connectivity index (χ4n) is 1.57. The van der Waals surface area contributed by atoms with E-state index < -0.39 is 0 Å². The second kappa shape index (κ2) is 5.34. The largest absolute Gasteiger partial charge is 0.370 e. The molecule has 5 heteroatoms.